The lowest BCUT2D eigenvalue weighted by Gasteiger charge is -2.37. The van der Waals surface area contributed by atoms with Crippen LogP contribution in [-0.2, 0) is 22.6 Å². The van der Waals surface area contributed by atoms with Crippen LogP contribution in [0.4, 0.5) is 5.69 Å². The molecule has 1 aliphatic carbocycles. The number of carbonyl (C=O) groups is 4. The number of hydrogen-bond donors (Lipinski definition) is 4. The van der Waals surface area contributed by atoms with Gasteiger partial charge in [-0.1, -0.05) is 11.6 Å². The molecule has 1 fully saturated rings. The van der Waals surface area contributed by atoms with Crippen molar-refractivity contribution in [1.82, 2.24) is 36.3 Å². The number of thiazole rings is 1. The van der Waals surface area contributed by atoms with Crippen molar-refractivity contribution in [2.45, 2.75) is 44.3 Å². The fourth-order valence-electron chi connectivity index (χ4n) is 5.21. The molecule has 0 saturated heterocycles. The first-order valence-electron chi connectivity index (χ1n) is 13.0. The minimum atomic E-state index is -0.558. The quantitative estimate of drug-likeness (QED) is 0.412. The Morgan fingerprint density at radius 1 is 1.12 bits per heavy atom. The number of likely N-dealkylation sites (N-methyl/N-ethyl adjacent to an activating group) is 1. The average molecular weight is 587 g/mol. The van der Waals surface area contributed by atoms with Gasteiger partial charge in [-0.25, -0.2) is 9.98 Å². The van der Waals surface area contributed by atoms with Gasteiger partial charge >= 0.3 is 0 Å². The van der Waals surface area contributed by atoms with E-state index in [0.29, 0.717) is 35.0 Å². The molecule has 4 N–H and O–H groups in total. The summed E-state index contributed by atoms with van der Waals surface area (Å²) in [6.07, 6.45) is 2.16. The summed E-state index contributed by atoms with van der Waals surface area (Å²) in [4.78, 5) is 65.6. The number of carbonyl (C=O) groups excluding carboxylic acids is 4. The van der Waals surface area contributed by atoms with E-state index in [1.807, 2.05) is 7.05 Å². The van der Waals surface area contributed by atoms with E-state index in [1.54, 1.807) is 31.1 Å². The van der Waals surface area contributed by atoms with Gasteiger partial charge in [0.2, 0.25) is 11.7 Å². The van der Waals surface area contributed by atoms with Crippen molar-refractivity contribution in [2.75, 3.05) is 27.7 Å². The van der Waals surface area contributed by atoms with Crippen molar-refractivity contribution in [3.8, 4) is 0 Å². The van der Waals surface area contributed by atoms with Crippen LogP contribution in [0.2, 0.25) is 5.02 Å². The lowest BCUT2D eigenvalue weighted by Crippen LogP contribution is -2.58. The average Bonchev–Trinajstić information content (AvgIpc) is 3.27. The van der Waals surface area contributed by atoms with Gasteiger partial charge in [-0.3, -0.25) is 30.0 Å². The first-order valence-corrected chi connectivity index (χ1v) is 14.2. The van der Waals surface area contributed by atoms with Crippen molar-refractivity contribution < 1.29 is 19.2 Å². The summed E-state index contributed by atoms with van der Waals surface area (Å²) in [6, 6.07) is 3.62. The van der Waals surface area contributed by atoms with Gasteiger partial charge in [0.05, 0.1) is 23.0 Å². The number of nitrogens with one attached hydrogen (secondary N) is 4. The van der Waals surface area contributed by atoms with Crippen LogP contribution in [0.25, 0.3) is 0 Å². The number of aromatic nitrogens is 1. The number of rotatable bonds is 5. The molecule has 0 spiro atoms. The van der Waals surface area contributed by atoms with Crippen LogP contribution in [-0.4, -0.2) is 84.0 Å². The third-order valence-corrected chi connectivity index (χ3v) is 8.65. The topological polar surface area (TPSA) is 148 Å². The molecule has 5 rings (SSSR count). The van der Waals surface area contributed by atoms with Gasteiger partial charge in [0.15, 0.2) is 5.01 Å². The van der Waals surface area contributed by atoms with Crippen molar-refractivity contribution in [1.29, 1.82) is 0 Å². The largest absolute Gasteiger partial charge is 0.349 e. The number of fused-ring (bicyclic) bond motifs is 2. The van der Waals surface area contributed by atoms with E-state index in [-0.39, 0.29) is 29.1 Å². The van der Waals surface area contributed by atoms with E-state index in [9.17, 15) is 19.2 Å². The molecular weight excluding hydrogens is 556 g/mol. The minimum absolute atomic E-state index is 0.0236. The number of amidine groups is 1. The summed E-state index contributed by atoms with van der Waals surface area (Å²) in [6.45, 7) is 1.64. The molecule has 14 heteroatoms. The van der Waals surface area contributed by atoms with Crippen LogP contribution in [0, 0.1) is 5.92 Å². The van der Waals surface area contributed by atoms with Crippen LogP contribution in [0.3, 0.4) is 0 Å². The minimum Gasteiger partial charge on any atom is -0.349 e. The van der Waals surface area contributed by atoms with E-state index in [2.05, 4.69) is 36.4 Å². The summed E-state index contributed by atoms with van der Waals surface area (Å²) in [5.41, 5.74) is 6.50. The molecule has 2 aliphatic heterocycles. The maximum Gasteiger partial charge on any atom is 0.288 e. The SMILES string of the molecule is CN1CCc2nc(C(=O)N[C@H]3C[C@@H](C(=O)N(C)C)CC[C@@H]3NC(=O)C3=Nc4ccc(Cl)cc4C(=O)NN3)sc2C1. The Labute approximate surface area is 240 Å². The second-order valence-corrected chi connectivity index (χ2v) is 12.0. The number of amides is 4. The van der Waals surface area contributed by atoms with Crippen molar-refractivity contribution >= 4 is 58.1 Å². The summed E-state index contributed by atoms with van der Waals surface area (Å²) < 4.78 is 0. The number of benzene rings is 1. The highest BCUT2D eigenvalue weighted by molar-refractivity contribution is 7.13. The van der Waals surface area contributed by atoms with Gasteiger partial charge in [0, 0.05) is 55.5 Å². The van der Waals surface area contributed by atoms with E-state index in [4.69, 9.17) is 11.6 Å². The predicted molar refractivity (Wildman–Crippen MR) is 151 cm³/mol. The number of hydrazine groups is 1. The summed E-state index contributed by atoms with van der Waals surface area (Å²) in [7, 11) is 5.44. The fraction of sp³-hybridized carbons (Fsp3) is 0.462. The molecular formula is C26H31ClN8O4S. The number of aliphatic imine (C=N–C) groups is 1. The Hall–Kier alpha value is -3.55. The second-order valence-electron chi connectivity index (χ2n) is 10.5. The maximum atomic E-state index is 13.3. The summed E-state index contributed by atoms with van der Waals surface area (Å²) in [5.74, 6) is -1.79. The van der Waals surface area contributed by atoms with Gasteiger partial charge in [0.25, 0.3) is 17.7 Å². The van der Waals surface area contributed by atoms with E-state index in [0.717, 1.165) is 30.1 Å². The monoisotopic (exact) mass is 586 g/mol. The fourth-order valence-corrected chi connectivity index (χ4v) is 6.47. The predicted octanol–water partition coefficient (Wildman–Crippen LogP) is 1.23. The zero-order valence-electron chi connectivity index (χ0n) is 22.4. The molecule has 2 aromatic rings. The lowest BCUT2D eigenvalue weighted by molar-refractivity contribution is -0.134. The van der Waals surface area contributed by atoms with Crippen LogP contribution >= 0.6 is 22.9 Å². The Bertz CT molecular complexity index is 1390. The molecule has 3 atom stereocenters. The lowest BCUT2D eigenvalue weighted by atomic mass is 9.81. The van der Waals surface area contributed by atoms with Gasteiger partial charge < -0.3 is 20.4 Å². The standard InChI is InChI=1S/C26H31ClN8O4S/c1-34(2)26(39)13-4-6-17(19(10-13)30-24(38)25-31-18-8-9-35(3)12-20(18)40-25)29-23(37)21-28-16-7-5-14(27)11-15(16)22(36)33-32-21/h5,7,11,13,17,19H,4,6,8-10,12H2,1-3H3,(H,28,32)(H,29,37)(H,30,38)(H,33,36)/t13-,17-,19-/m0/s1. The van der Waals surface area contributed by atoms with Crippen molar-refractivity contribution in [3.63, 3.8) is 0 Å². The van der Waals surface area contributed by atoms with Gasteiger partial charge in [0.1, 0.15) is 0 Å². The molecule has 0 bridgehead atoms. The molecule has 40 heavy (non-hydrogen) atoms. The van der Waals surface area contributed by atoms with E-state index in [1.165, 1.54) is 17.4 Å². The van der Waals surface area contributed by atoms with Crippen LogP contribution < -0.4 is 21.5 Å². The molecule has 0 radical (unpaired) electrons. The smallest absolute Gasteiger partial charge is 0.288 e. The number of halogens is 1. The van der Waals surface area contributed by atoms with Crippen molar-refractivity contribution in [2.24, 2.45) is 10.9 Å². The third-order valence-electron chi connectivity index (χ3n) is 7.33. The highest BCUT2D eigenvalue weighted by Crippen LogP contribution is 2.29. The van der Waals surface area contributed by atoms with Crippen LogP contribution in [0.15, 0.2) is 23.2 Å². The zero-order valence-corrected chi connectivity index (χ0v) is 24.0. The first-order chi connectivity index (χ1) is 19.1. The van der Waals surface area contributed by atoms with Crippen LogP contribution in [0.5, 0.6) is 0 Å². The van der Waals surface area contributed by atoms with Gasteiger partial charge in [-0.05, 0) is 44.5 Å². The molecule has 12 nitrogen and oxygen atoms in total. The highest BCUT2D eigenvalue weighted by atomic mass is 35.5. The molecule has 212 valence electrons. The molecule has 1 aromatic carbocycles. The molecule has 1 aromatic heterocycles. The Balaban J connectivity index is 1.34. The zero-order chi connectivity index (χ0) is 28.6. The third kappa shape index (κ3) is 5.96. The van der Waals surface area contributed by atoms with Gasteiger partial charge in [-0.15, -0.1) is 11.3 Å². The number of nitrogens with zero attached hydrogens (tertiary/aromatic N) is 4. The maximum absolute atomic E-state index is 13.3. The number of hydrogen-bond acceptors (Lipinski definition) is 9. The molecule has 1 saturated carbocycles. The molecule has 4 amide bonds. The first kappa shape index (κ1) is 28.0. The second kappa shape index (κ2) is 11.5. The normalized spacial score (nSPS) is 22.4. The van der Waals surface area contributed by atoms with Crippen LogP contribution in [0.1, 0.15) is 50.0 Å². The Kier molecular flexibility index (Phi) is 8.06. The molecule has 3 aliphatic rings. The van der Waals surface area contributed by atoms with E-state index >= 15 is 0 Å². The van der Waals surface area contributed by atoms with Crippen molar-refractivity contribution in [3.05, 3.63) is 44.4 Å². The Morgan fingerprint density at radius 2 is 1.90 bits per heavy atom. The summed E-state index contributed by atoms with van der Waals surface area (Å²) >= 11 is 7.40. The highest BCUT2D eigenvalue weighted by Gasteiger charge is 2.37. The van der Waals surface area contributed by atoms with E-state index < -0.39 is 23.9 Å². The molecule has 0 unspecified atom stereocenters. The summed E-state index contributed by atoms with van der Waals surface area (Å²) in [5, 5.41) is 6.74. The molecule has 3 heterocycles. The van der Waals surface area contributed by atoms with Gasteiger partial charge in [-0.2, -0.15) is 0 Å². The Morgan fingerprint density at radius 3 is 2.67 bits per heavy atom.